The number of carbonyl (C=O) groups is 1. The Balaban J connectivity index is 1.47. The number of aryl methyl sites for hydroxylation is 1. The predicted octanol–water partition coefficient (Wildman–Crippen LogP) is 5.23. The Bertz CT molecular complexity index is 1390. The molecule has 0 bridgehead atoms. The molecule has 0 atom stereocenters. The van der Waals surface area contributed by atoms with Crippen molar-refractivity contribution in [2.75, 3.05) is 38.3 Å². The van der Waals surface area contributed by atoms with Crippen molar-refractivity contribution in [2.45, 2.75) is 58.0 Å². The minimum Gasteiger partial charge on any atom is -0.481 e. The first-order chi connectivity index (χ1) is 18.9. The van der Waals surface area contributed by atoms with Gasteiger partial charge in [-0.3, -0.25) is 9.48 Å². The topological polar surface area (TPSA) is 72.7 Å². The molecule has 0 N–H and O–H groups in total. The lowest BCUT2D eigenvalue weighted by Crippen LogP contribution is -2.36. The maximum absolute atomic E-state index is 14.5. The Kier molecular flexibility index (Phi) is 6.97. The van der Waals surface area contributed by atoms with Gasteiger partial charge in [-0.05, 0) is 60.6 Å². The molecule has 3 aromatic rings. The fourth-order valence-corrected chi connectivity index (χ4v) is 6.13. The standard InChI is InChI=1S/C29H33F2N5O3/c1-18(37)34-11-6-25-24(17-34)29(33-36(25)21-7-12-39-13-8-21)35-10-3-4-20-14-22(23(28(30)31)16-26(20)35)19-5-9-32-27(15-19)38-2/h5,9,14-16,21,28H,3-4,6-8,10-13,17H2,1-2H3. The number of alkyl halides is 2. The minimum atomic E-state index is -2.66. The van der Waals surface area contributed by atoms with Crippen LogP contribution < -0.4 is 9.64 Å². The molecule has 8 nitrogen and oxygen atoms in total. The highest BCUT2D eigenvalue weighted by Crippen LogP contribution is 2.43. The van der Waals surface area contributed by atoms with Crippen LogP contribution in [0, 0.1) is 0 Å². The number of fused-ring (bicyclic) bond motifs is 2. The fourth-order valence-electron chi connectivity index (χ4n) is 6.13. The van der Waals surface area contributed by atoms with Crippen LogP contribution in [0.2, 0.25) is 0 Å². The zero-order valence-electron chi connectivity index (χ0n) is 22.3. The zero-order chi connectivity index (χ0) is 27.1. The Hall–Kier alpha value is -3.53. The lowest BCUT2D eigenvalue weighted by atomic mass is 9.92. The summed E-state index contributed by atoms with van der Waals surface area (Å²) in [6.07, 6.45) is 3.07. The van der Waals surface area contributed by atoms with Gasteiger partial charge in [0.2, 0.25) is 11.8 Å². The number of pyridine rings is 1. The van der Waals surface area contributed by atoms with Crippen LogP contribution in [0.25, 0.3) is 11.1 Å². The Morgan fingerprint density at radius 1 is 1.15 bits per heavy atom. The summed E-state index contributed by atoms with van der Waals surface area (Å²) < 4.78 is 42.0. The third-order valence-corrected chi connectivity index (χ3v) is 8.16. The number of aromatic nitrogens is 3. The molecule has 5 heterocycles. The van der Waals surface area contributed by atoms with E-state index < -0.39 is 6.43 Å². The number of halogens is 2. The van der Waals surface area contributed by atoms with Crippen molar-refractivity contribution in [2.24, 2.45) is 0 Å². The van der Waals surface area contributed by atoms with Crippen LogP contribution in [-0.4, -0.2) is 59.0 Å². The van der Waals surface area contributed by atoms with Crippen molar-refractivity contribution in [1.29, 1.82) is 0 Å². The number of methoxy groups -OCH3 is 1. The van der Waals surface area contributed by atoms with Crippen molar-refractivity contribution in [1.82, 2.24) is 19.7 Å². The molecular formula is C29H33F2N5O3. The van der Waals surface area contributed by atoms with Crippen LogP contribution >= 0.6 is 0 Å². The minimum absolute atomic E-state index is 0.0295. The van der Waals surface area contributed by atoms with E-state index in [0.29, 0.717) is 49.9 Å². The summed E-state index contributed by atoms with van der Waals surface area (Å²) in [6, 6.07) is 7.18. The first-order valence-electron chi connectivity index (χ1n) is 13.6. The van der Waals surface area contributed by atoms with Crippen molar-refractivity contribution >= 4 is 17.4 Å². The first-order valence-corrected chi connectivity index (χ1v) is 13.6. The SMILES string of the molecule is COc1cc(-c2cc3c(cc2C(F)F)N(c2nn(C4CCOCC4)c4c2CN(C(C)=O)CC4)CCC3)ccn1. The molecule has 3 aliphatic heterocycles. The van der Waals surface area contributed by atoms with Gasteiger partial charge in [0.25, 0.3) is 6.43 Å². The molecule has 1 fully saturated rings. The normalized spacial score (nSPS) is 17.8. The molecular weight excluding hydrogens is 504 g/mol. The molecule has 6 rings (SSSR count). The van der Waals surface area contributed by atoms with E-state index >= 15 is 0 Å². The number of nitrogens with zero attached hydrogens (tertiary/aromatic N) is 5. The lowest BCUT2D eigenvalue weighted by Gasteiger charge is -2.33. The quantitative estimate of drug-likeness (QED) is 0.444. The Morgan fingerprint density at radius 3 is 2.72 bits per heavy atom. The van der Waals surface area contributed by atoms with E-state index in [4.69, 9.17) is 14.6 Å². The molecule has 0 radical (unpaired) electrons. The van der Waals surface area contributed by atoms with Gasteiger partial charge >= 0.3 is 0 Å². The number of amides is 1. The number of rotatable bonds is 5. The molecule has 1 aromatic carbocycles. The highest BCUT2D eigenvalue weighted by molar-refractivity contribution is 5.78. The predicted molar refractivity (Wildman–Crippen MR) is 143 cm³/mol. The summed E-state index contributed by atoms with van der Waals surface area (Å²) in [6.45, 7) is 4.79. The van der Waals surface area contributed by atoms with Gasteiger partial charge in [-0.25, -0.2) is 13.8 Å². The van der Waals surface area contributed by atoms with Crippen molar-refractivity contribution in [3.05, 3.63) is 52.8 Å². The van der Waals surface area contributed by atoms with Crippen LogP contribution in [-0.2, 0) is 28.9 Å². The molecule has 0 spiro atoms. The van der Waals surface area contributed by atoms with Crippen LogP contribution in [0.3, 0.4) is 0 Å². The molecule has 1 amide bonds. The number of ether oxygens (including phenoxy) is 2. The summed E-state index contributed by atoms with van der Waals surface area (Å²) in [5.41, 5.74) is 5.05. The van der Waals surface area contributed by atoms with Gasteiger partial charge in [-0.15, -0.1) is 0 Å². The maximum Gasteiger partial charge on any atom is 0.264 e. The van der Waals surface area contributed by atoms with Gasteiger partial charge in [0, 0.05) is 74.4 Å². The summed E-state index contributed by atoms with van der Waals surface area (Å²) in [5.74, 6) is 1.19. The zero-order valence-corrected chi connectivity index (χ0v) is 22.3. The van der Waals surface area contributed by atoms with Gasteiger partial charge in [-0.2, -0.15) is 5.10 Å². The van der Waals surface area contributed by atoms with Gasteiger partial charge in [0.05, 0.1) is 19.7 Å². The second kappa shape index (κ2) is 10.6. The largest absolute Gasteiger partial charge is 0.481 e. The number of anilines is 2. The number of benzene rings is 1. The van der Waals surface area contributed by atoms with Crippen molar-refractivity contribution < 1.29 is 23.0 Å². The Morgan fingerprint density at radius 2 is 1.97 bits per heavy atom. The second-order valence-corrected chi connectivity index (χ2v) is 10.4. The van der Waals surface area contributed by atoms with E-state index in [0.717, 1.165) is 60.4 Å². The summed E-state index contributed by atoms with van der Waals surface area (Å²) in [5, 5.41) is 5.15. The van der Waals surface area contributed by atoms with E-state index in [1.807, 2.05) is 11.0 Å². The molecule has 1 saturated heterocycles. The van der Waals surface area contributed by atoms with Crippen molar-refractivity contribution in [3.8, 4) is 17.0 Å². The maximum atomic E-state index is 14.5. The highest BCUT2D eigenvalue weighted by Gasteiger charge is 2.34. The first kappa shape index (κ1) is 25.7. The average molecular weight is 538 g/mol. The van der Waals surface area contributed by atoms with E-state index in [1.165, 1.54) is 7.11 Å². The van der Waals surface area contributed by atoms with Crippen LogP contribution in [0.4, 0.5) is 20.3 Å². The summed E-state index contributed by atoms with van der Waals surface area (Å²) in [7, 11) is 1.51. The molecule has 2 aromatic heterocycles. The lowest BCUT2D eigenvalue weighted by molar-refractivity contribution is -0.129. The second-order valence-electron chi connectivity index (χ2n) is 10.4. The third-order valence-electron chi connectivity index (χ3n) is 8.16. The van der Waals surface area contributed by atoms with E-state index in [1.54, 1.807) is 31.3 Å². The Labute approximate surface area is 226 Å². The fraction of sp³-hybridized carbons (Fsp3) is 0.483. The average Bonchev–Trinajstić information content (AvgIpc) is 3.35. The summed E-state index contributed by atoms with van der Waals surface area (Å²) >= 11 is 0. The van der Waals surface area contributed by atoms with Crippen LogP contribution in [0.15, 0.2) is 30.5 Å². The van der Waals surface area contributed by atoms with Gasteiger partial charge < -0.3 is 19.3 Å². The molecule has 39 heavy (non-hydrogen) atoms. The molecule has 3 aliphatic rings. The van der Waals surface area contributed by atoms with Gasteiger partial charge in [0.1, 0.15) is 0 Å². The van der Waals surface area contributed by atoms with Crippen molar-refractivity contribution in [3.63, 3.8) is 0 Å². The number of hydrogen-bond acceptors (Lipinski definition) is 6. The molecule has 0 saturated carbocycles. The van der Waals surface area contributed by atoms with E-state index in [2.05, 4.69) is 14.6 Å². The van der Waals surface area contributed by atoms with E-state index in [-0.39, 0.29) is 17.5 Å². The van der Waals surface area contributed by atoms with Crippen LogP contribution in [0.5, 0.6) is 5.88 Å². The number of carbonyl (C=O) groups excluding carboxylic acids is 1. The summed E-state index contributed by atoms with van der Waals surface area (Å²) in [4.78, 5) is 20.4. The molecule has 0 aliphatic carbocycles. The molecule has 10 heteroatoms. The van der Waals surface area contributed by atoms with Crippen LogP contribution in [0.1, 0.15) is 61.0 Å². The van der Waals surface area contributed by atoms with Gasteiger partial charge in [0.15, 0.2) is 5.82 Å². The van der Waals surface area contributed by atoms with Gasteiger partial charge in [-0.1, -0.05) is 0 Å². The molecule has 206 valence electrons. The smallest absolute Gasteiger partial charge is 0.264 e. The number of hydrogen-bond donors (Lipinski definition) is 0. The molecule has 0 unspecified atom stereocenters. The highest BCUT2D eigenvalue weighted by atomic mass is 19.3. The monoisotopic (exact) mass is 537 g/mol. The third kappa shape index (κ3) is 4.75. The van der Waals surface area contributed by atoms with E-state index in [9.17, 15) is 13.6 Å².